The monoisotopic (exact) mass is 292 g/mol. The molecule has 1 heterocycles. The number of benzene rings is 1. The fraction of sp³-hybridized carbons (Fsp3) is 0.357. The SMILES string of the molecule is COC(=O)C1COCCN1C(=O)c1cccc(C(N)=O)c1. The van der Waals surface area contributed by atoms with Gasteiger partial charge >= 0.3 is 5.97 Å². The van der Waals surface area contributed by atoms with Gasteiger partial charge in [-0.05, 0) is 18.2 Å². The summed E-state index contributed by atoms with van der Waals surface area (Å²) in [7, 11) is 1.26. The maximum Gasteiger partial charge on any atom is 0.331 e. The lowest BCUT2D eigenvalue weighted by atomic mass is 10.1. The number of ether oxygens (including phenoxy) is 2. The van der Waals surface area contributed by atoms with Gasteiger partial charge in [0.1, 0.15) is 0 Å². The standard InChI is InChI=1S/C14H16N2O5/c1-20-14(19)11-8-21-6-5-16(11)13(18)10-4-2-3-9(7-10)12(15)17/h2-4,7,11H,5-6,8H2,1H3,(H2,15,17). The Morgan fingerprint density at radius 3 is 2.71 bits per heavy atom. The van der Waals surface area contributed by atoms with Crippen LogP contribution in [0.3, 0.4) is 0 Å². The number of esters is 1. The first-order valence-electron chi connectivity index (χ1n) is 6.41. The fourth-order valence-electron chi connectivity index (χ4n) is 2.15. The van der Waals surface area contributed by atoms with Crippen molar-refractivity contribution >= 4 is 17.8 Å². The summed E-state index contributed by atoms with van der Waals surface area (Å²) in [5.74, 6) is -1.51. The summed E-state index contributed by atoms with van der Waals surface area (Å²) in [6.07, 6.45) is 0. The Bertz CT molecular complexity index is 572. The zero-order chi connectivity index (χ0) is 15.4. The van der Waals surface area contributed by atoms with Gasteiger partial charge in [-0.25, -0.2) is 4.79 Å². The van der Waals surface area contributed by atoms with Crippen LogP contribution in [0.2, 0.25) is 0 Å². The number of methoxy groups -OCH3 is 1. The number of rotatable bonds is 3. The molecular formula is C14H16N2O5. The normalized spacial score (nSPS) is 18.1. The molecule has 0 aromatic heterocycles. The van der Waals surface area contributed by atoms with Crippen molar-refractivity contribution in [2.45, 2.75) is 6.04 Å². The topological polar surface area (TPSA) is 98.9 Å². The van der Waals surface area contributed by atoms with Gasteiger partial charge in [0, 0.05) is 17.7 Å². The van der Waals surface area contributed by atoms with E-state index >= 15 is 0 Å². The predicted molar refractivity (Wildman–Crippen MR) is 72.6 cm³/mol. The highest BCUT2D eigenvalue weighted by molar-refractivity contribution is 6.00. The largest absolute Gasteiger partial charge is 0.467 e. The van der Waals surface area contributed by atoms with E-state index in [-0.39, 0.29) is 24.6 Å². The van der Waals surface area contributed by atoms with E-state index in [1.165, 1.54) is 24.1 Å². The van der Waals surface area contributed by atoms with Crippen molar-refractivity contribution in [1.82, 2.24) is 4.90 Å². The summed E-state index contributed by atoms with van der Waals surface area (Å²) < 4.78 is 9.90. The molecule has 1 aromatic carbocycles. The molecule has 0 aliphatic carbocycles. The molecule has 112 valence electrons. The molecule has 1 aliphatic rings. The van der Waals surface area contributed by atoms with E-state index < -0.39 is 17.9 Å². The first-order valence-corrected chi connectivity index (χ1v) is 6.41. The van der Waals surface area contributed by atoms with E-state index in [0.29, 0.717) is 12.2 Å². The van der Waals surface area contributed by atoms with Crippen molar-refractivity contribution in [2.24, 2.45) is 5.73 Å². The molecule has 7 heteroatoms. The van der Waals surface area contributed by atoms with Crippen LogP contribution in [0.15, 0.2) is 24.3 Å². The van der Waals surface area contributed by atoms with Crippen LogP contribution in [-0.4, -0.2) is 55.6 Å². The molecule has 0 radical (unpaired) electrons. The smallest absolute Gasteiger partial charge is 0.331 e. The second-order valence-electron chi connectivity index (χ2n) is 4.56. The molecular weight excluding hydrogens is 276 g/mol. The number of primary amides is 1. The van der Waals surface area contributed by atoms with E-state index in [4.69, 9.17) is 10.5 Å². The number of nitrogens with zero attached hydrogens (tertiary/aromatic N) is 1. The number of nitrogens with two attached hydrogens (primary N) is 1. The molecule has 1 aliphatic heterocycles. The van der Waals surface area contributed by atoms with Gasteiger partial charge in [-0.3, -0.25) is 9.59 Å². The minimum absolute atomic E-state index is 0.0912. The van der Waals surface area contributed by atoms with E-state index in [1.807, 2.05) is 0 Å². The van der Waals surface area contributed by atoms with Crippen molar-refractivity contribution < 1.29 is 23.9 Å². The second kappa shape index (κ2) is 6.36. The zero-order valence-corrected chi connectivity index (χ0v) is 11.6. The lowest BCUT2D eigenvalue weighted by Crippen LogP contribution is -2.53. The molecule has 2 amide bonds. The molecule has 7 nitrogen and oxygen atoms in total. The van der Waals surface area contributed by atoms with Gasteiger partial charge in [0.05, 0.1) is 20.3 Å². The first kappa shape index (κ1) is 15.0. The van der Waals surface area contributed by atoms with Crippen molar-refractivity contribution in [1.29, 1.82) is 0 Å². The molecule has 21 heavy (non-hydrogen) atoms. The second-order valence-corrected chi connectivity index (χ2v) is 4.56. The summed E-state index contributed by atoms with van der Waals surface area (Å²) >= 11 is 0. The van der Waals surface area contributed by atoms with Gasteiger partial charge in [0.25, 0.3) is 5.91 Å². The summed E-state index contributed by atoms with van der Waals surface area (Å²) in [5, 5.41) is 0. The van der Waals surface area contributed by atoms with Crippen LogP contribution in [0, 0.1) is 0 Å². The Hall–Kier alpha value is -2.41. The Balaban J connectivity index is 2.26. The molecule has 1 atom stereocenters. The summed E-state index contributed by atoms with van der Waals surface area (Å²) in [4.78, 5) is 36.8. The molecule has 2 rings (SSSR count). The number of carbonyl (C=O) groups is 3. The average Bonchev–Trinajstić information content (AvgIpc) is 2.53. The minimum atomic E-state index is -0.784. The molecule has 2 N–H and O–H groups in total. The summed E-state index contributed by atoms with van der Waals surface area (Å²) in [6, 6.07) is 5.29. The number of morpholine rings is 1. The minimum Gasteiger partial charge on any atom is -0.467 e. The summed E-state index contributed by atoms with van der Waals surface area (Å²) in [5.41, 5.74) is 5.73. The zero-order valence-electron chi connectivity index (χ0n) is 11.6. The molecule has 1 saturated heterocycles. The number of amides is 2. The van der Waals surface area contributed by atoms with Crippen LogP contribution >= 0.6 is 0 Å². The van der Waals surface area contributed by atoms with Crippen molar-refractivity contribution in [3.63, 3.8) is 0 Å². The third kappa shape index (κ3) is 3.19. The highest BCUT2D eigenvalue weighted by Crippen LogP contribution is 2.15. The van der Waals surface area contributed by atoms with Crippen molar-refractivity contribution in [3.8, 4) is 0 Å². The molecule has 1 unspecified atom stereocenters. The third-order valence-corrected chi connectivity index (χ3v) is 3.26. The third-order valence-electron chi connectivity index (χ3n) is 3.26. The van der Waals surface area contributed by atoms with Gasteiger partial charge < -0.3 is 20.1 Å². The maximum atomic E-state index is 12.5. The van der Waals surface area contributed by atoms with Gasteiger partial charge in [-0.1, -0.05) is 6.07 Å². The number of hydrogen-bond donors (Lipinski definition) is 1. The van der Waals surface area contributed by atoms with Crippen molar-refractivity contribution in [2.75, 3.05) is 26.9 Å². The molecule has 0 spiro atoms. The van der Waals surface area contributed by atoms with Gasteiger partial charge in [0.2, 0.25) is 5.91 Å². The molecule has 0 bridgehead atoms. The number of carbonyl (C=O) groups excluding carboxylic acids is 3. The van der Waals surface area contributed by atoms with Crippen LogP contribution in [0.4, 0.5) is 0 Å². The van der Waals surface area contributed by atoms with E-state index in [2.05, 4.69) is 4.74 Å². The molecule has 1 aromatic rings. The lowest BCUT2D eigenvalue weighted by molar-refractivity contribution is -0.151. The van der Waals surface area contributed by atoms with E-state index in [0.717, 1.165) is 0 Å². The van der Waals surface area contributed by atoms with Gasteiger partial charge in [-0.2, -0.15) is 0 Å². The van der Waals surface area contributed by atoms with E-state index in [1.54, 1.807) is 12.1 Å². The lowest BCUT2D eigenvalue weighted by Gasteiger charge is -2.33. The van der Waals surface area contributed by atoms with E-state index in [9.17, 15) is 14.4 Å². The first-order chi connectivity index (χ1) is 10.0. The summed E-state index contributed by atoms with van der Waals surface area (Å²) in [6.45, 7) is 0.710. The molecule has 0 saturated carbocycles. The number of hydrogen-bond acceptors (Lipinski definition) is 5. The van der Waals surface area contributed by atoms with Crippen LogP contribution in [0.5, 0.6) is 0 Å². The molecule has 1 fully saturated rings. The average molecular weight is 292 g/mol. The quantitative estimate of drug-likeness (QED) is 0.778. The Morgan fingerprint density at radius 2 is 2.05 bits per heavy atom. The predicted octanol–water partition coefficient (Wildman–Crippen LogP) is -0.200. The van der Waals surface area contributed by atoms with Crippen LogP contribution in [-0.2, 0) is 14.3 Å². The van der Waals surface area contributed by atoms with Crippen LogP contribution in [0.25, 0.3) is 0 Å². The Kier molecular flexibility index (Phi) is 4.54. The van der Waals surface area contributed by atoms with Gasteiger partial charge in [-0.15, -0.1) is 0 Å². The maximum absolute atomic E-state index is 12.5. The Labute approximate surface area is 121 Å². The van der Waals surface area contributed by atoms with Crippen molar-refractivity contribution in [3.05, 3.63) is 35.4 Å². The fourth-order valence-corrected chi connectivity index (χ4v) is 2.15. The van der Waals surface area contributed by atoms with Crippen LogP contribution in [0.1, 0.15) is 20.7 Å². The van der Waals surface area contributed by atoms with Gasteiger partial charge in [0.15, 0.2) is 6.04 Å². The highest BCUT2D eigenvalue weighted by atomic mass is 16.5. The van der Waals surface area contributed by atoms with Crippen LogP contribution < -0.4 is 5.73 Å². The highest BCUT2D eigenvalue weighted by Gasteiger charge is 2.34. The Morgan fingerprint density at radius 1 is 1.33 bits per heavy atom.